The van der Waals surface area contributed by atoms with E-state index in [2.05, 4.69) is 44.6 Å². The summed E-state index contributed by atoms with van der Waals surface area (Å²) in [6.45, 7) is 0. The lowest BCUT2D eigenvalue weighted by molar-refractivity contribution is 1.44. The highest BCUT2D eigenvalue weighted by atomic mass is 127. The van der Waals surface area contributed by atoms with Gasteiger partial charge in [-0.2, -0.15) is 5.26 Å². The Morgan fingerprint density at radius 2 is 1.75 bits per heavy atom. The third kappa shape index (κ3) is 2.28. The molecule has 0 aliphatic rings. The summed E-state index contributed by atoms with van der Waals surface area (Å²) >= 11 is 5.65. The van der Waals surface area contributed by atoms with Gasteiger partial charge in [0.2, 0.25) is 0 Å². The lowest BCUT2D eigenvalue weighted by Crippen LogP contribution is -1.86. The van der Waals surface area contributed by atoms with E-state index in [1.807, 2.05) is 42.5 Å². The predicted molar refractivity (Wildman–Crippen MR) is 77.0 cm³/mol. The first-order chi connectivity index (χ1) is 7.72. The standard InChI is InChI=1S/C13H7BrIN/c14-12-7-10(6-11(8-16)13(12)15)9-4-2-1-3-5-9/h1-7H. The fraction of sp³-hybridized carbons (Fsp3) is 0. The summed E-state index contributed by atoms with van der Waals surface area (Å²) in [7, 11) is 0. The first kappa shape index (κ1) is 11.6. The molecule has 0 bridgehead atoms. The van der Waals surface area contributed by atoms with Gasteiger partial charge in [0.1, 0.15) is 6.07 Å². The summed E-state index contributed by atoms with van der Waals surface area (Å²) in [6, 6.07) is 16.2. The summed E-state index contributed by atoms with van der Waals surface area (Å²) in [5, 5.41) is 9.04. The van der Waals surface area contributed by atoms with Gasteiger partial charge in [0.25, 0.3) is 0 Å². The van der Waals surface area contributed by atoms with Gasteiger partial charge in [-0.25, -0.2) is 0 Å². The number of hydrogen-bond donors (Lipinski definition) is 0. The third-order valence-electron chi connectivity index (χ3n) is 2.26. The summed E-state index contributed by atoms with van der Waals surface area (Å²) in [5.41, 5.74) is 2.88. The minimum Gasteiger partial charge on any atom is -0.192 e. The first-order valence-corrected chi connectivity index (χ1v) is 6.54. The van der Waals surface area contributed by atoms with Gasteiger partial charge in [-0.15, -0.1) is 0 Å². The van der Waals surface area contributed by atoms with Crippen LogP contribution >= 0.6 is 38.5 Å². The monoisotopic (exact) mass is 383 g/mol. The zero-order valence-corrected chi connectivity index (χ0v) is 12.0. The minimum atomic E-state index is 0.703. The highest BCUT2D eigenvalue weighted by Gasteiger charge is 2.07. The van der Waals surface area contributed by atoms with Crippen molar-refractivity contribution in [2.75, 3.05) is 0 Å². The average molecular weight is 384 g/mol. The summed E-state index contributed by atoms with van der Waals surface area (Å²) < 4.78 is 1.92. The molecule has 0 saturated heterocycles. The lowest BCUT2D eigenvalue weighted by Gasteiger charge is -2.05. The molecule has 0 unspecified atom stereocenters. The Hall–Kier alpha value is -0.860. The van der Waals surface area contributed by atoms with E-state index in [1.165, 1.54) is 0 Å². The van der Waals surface area contributed by atoms with E-state index in [-0.39, 0.29) is 0 Å². The Balaban J connectivity index is 2.61. The zero-order valence-electron chi connectivity index (χ0n) is 8.24. The first-order valence-electron chi connectivity index (χ1n) is 4.67. The molecule has 0 aliphatic heterocycles. The molecule has 2 aromatic carbocycles. The number of nitriles is 1. The quantitative estimate of drug-likeness (QED) is 0.660. The van der Waals surface area contributed by atoms with Crippen molar-refractivity contribution in [2.24, 2.45) is 0 Å². The molecule has 78 valence electrons. The van der Waals surface area contributed by atoms with Crippen molar-refractivity contribution in [2.45, 2.75) is 0 Å². The van der Waals surface area contributed by atoms with Gasteiger partial charge in [-0.3, -0.25) is 0 Å². The van der Waals surface area contributed by atoms with Crippen LogP contribution in [0.15, 0.2) is 46.9 Å². The molecule has 0 aromatic heterocycles. The Morgan fingerprint density at radius 1 is 1.06 bits per heavy atom. The van der Waals surface area contributed by atoms with E-state index in [1.54, 1.807) is 0 Å². The van der Waals surface area contributed by atoms with Crippen LogP contribution in [-0.2, 0) is 0 Å². The van der Waals surface area contributed by atoms with Gasteiger partial charge in [0.05, 0.1) is 5.56 Å². The third-order valence-corrected chi connectivity index (χ3v) is 4.78. The SMILES string of the molecule is N#Cc1cc(-c2ccccc2)cc(Br)c1I. The number of rotatable bonds is 1. The number of benzene rings is 2. The molecule has 0 saturated carbocycles. The van der Waals surface area contributed by atoms with Crippen molar-refractivity contribution in [1.29, 1.82) is 5.26 Å². The van der Waals surface area contributed by atoms with Gasteiger partial charge in [0.15, 0.2) is 0 Å². The van der Waals surface area contributed by atoms with Crippen LogP contribution in [0.1, 0.15) is 5.56 Å². The van der Waals surface area contributed by atoms with E-state index in [9.17, 15) is 0 Å². The van der Waals surface area contributed by atoms with Crippen molar-refractivity contribution in [1.82, 2.24) is 0 Å². The van der Waals surface area contributed by atoms with Crippen molar-refractivity contribution in [3.63, 3.8) is 0 Å². The number of nitrogens with zero attached hydrogens (tertiary/aromatic N) is 1. The predicted octanol–water partition coefficient (Wildman–Crippen LogP) is 4.59. The zero-order chi connectivity index (χ0) is 11.5. The molecular formula is C13H7BrIN. The molecule has 0 aliphatic carbocycles. The molecule has 0 heterocycles. The van der Waals surface area contributed by atoms with Gasteiger partial charge in [-0.1, -0.05) is 30.3 Å². The van der Waals surface area contributed by atoms with Crippen LogP contribution in [0.4, 0.5) is 0 Å². The molecule has 0 atom stereocenters. The Bertz CT molecular complexity index is 558. The van der Waals surface area contributed by atoms with Gasteiger partial charge in [0, 0.05) is 8.04 Å². The molecule has 2 rings (SSSR count). The van der Waals surface area contributed by atoms with Gasteiger partial charge >= 0.3 is 0 Å². The van der Waals surface area contributed by atoms with E-state index in [0.29, 0.717) is 5.56 Å². The Kier molecular flexibility index (Phi) is 3.62. The molecule has 0 amide bonds. The molecule has 2 aromatic rings. The molecular weight excluding hydrogens is 377 g/mol. The van der Waals surface area contributed by atoms with Gasteiger partial charge < -0.3 is 0 Å². The molecule has 0 N–H and O–H groups in total. The van der Waals surface area contributed by atoms with Crippen LogP contribution in [0.2, 0.25) is 0 Å². The van der Waals surface area contributed by atoms with Crippen LogP contribution in [0, 0.1) is 14.9 Å². The minimum absolute atomic E-state index is 0.703. The maximum Gasteiger partial charge on any atom is 0.100 e. The average Bonchev–Trinajstić information content (AvgIpc) is 2.33. The maximum atomic E-state index is 9.04. The second-order valence-corrected chi connectivity index (χ2v) is 5.23. The summed E-state index contributed by atoms with van der Waals surface area (Å²) in [5.74, 6) is 0. The second-order valence-electron chi connectivity index (χ2n) is 3.30. The summed E-state index contributed by atoms with van der Waals surface area (Å²) in [4.78, 5) is 0. The van der Waals surface area contributed by atoms with E-state index >= 15 is 0 Å². The molecule has 16 heavy (non-hydrogen) atoms. The normalized spacial score (nSPS) is 9.81. The van der Waals surface area contributed by atoms with E-state index in [0.717, 1.165) is 19.2 Å². The van der Waals surface area contributed by atoms with Gasteiger partial charge in [-0.05, 0) is 61.8 Å². The fourth-order valence-corrected chi connectivity index (χ4v) is 2.36. The molecule has 0 radical (unpaired) electrons. The molecule has 3 heteroatoms. The topological polar surface area (TPSA) is 23.8 Å². The smallest absolute Gasteiger partial charge is 0.100 e. The van der Waals surface area contributed by atoms with Crippen LogP contribution in [0.5, 0.6) is 0 Å². The van der Waals surface area contributed by atoms with Crippen LogP contribution < -0.4 is 0 Å². The molecule has 0 spiro atoms. The maximum absolute atomic E-state index is 9.04. The van der Waals surface area contributed by atoms with Crippen molar-refractivity contribution in [3.8, 4) is 17.2 Å². The second kappa shape index (κ2) is 4.98. The lowest BCUT2D eigenvalue weighted by atomic mass is 10.0. The van der Waals surface area contributed by atoms with Crippen molar-refractivity contribution in [3.05, 3.63) is 56.1 Å². The largest absolute Gasteiger partial charge is 0.192 e. The van der Waals surface area contributed by atoms with Crippen LogP contribution in [0.25, 0.3) is 11.1 Å². The van der Waals surface area contributed by atoms with Crippen LogP contribution in [0.3, 0.4) is 0 Å². The number of hydrogen-bond acceptors (Lipinski definition) is 1. The van der Waals surface area contributed by atoms with Crippen LogP contribution in [-0.4, -0.2) is 0 Å². The highest BCUT2D eigenvalue weighted by molar-refractivity contribution is 14.1. The Morgan fingerprint density at radius 3 is 2.38 bits per heavy atom. The molecule has 0 fully saturated rings. The van der Waals surface area contributed by atoms with E-state index < -0.39 is 0 Å². The summed E-state index contributed by atoms with van der Waals surface area (Å²) in [6.07, 6.45) is 0. The van der Waals surface area contributed by atoms with Crippen molar-refractivity contribution >= 4 is 38.5 Å². The van der Waals surface area contributed by atoms with Crippen molar-refractivity contribution < 1.29 is 0 Å². The number of halogens is 2. The van der Waals surface area contributed by atoms with E-state index in [4.69, 9.17) is 5.26 Å². The molecule has 1 nitrogen and oxygen atoms in total. The Labute approximate surface area is 116 Å². The highest BCUT2D eigenvalue weighted by Crippen LogP contribution is 2.29. The fourth-order valence-electron chi connectivity index (χ4n) is 1.47.